The lowest BCUT2D eigenvalue weighted by molar-refractivity contribution is 0.0946. The highest BCUT2D eigenvalue weighted by molar-refractivity contribution is 7.07. The summed E-state index contributed by atoms with van der Waals surface area (Å²) in [4.78, 5) is 17.7. The summed E-state index contributed by atoms with van der Waals surface area (Å²) in [6.45, 7) is 2.55. The molecular weight excluding hydrogens is 346 g/mol. The number of aryl methyl sites for hydroxylation is 2. The van der Waals surface area contributed by atoms with E-state index in [9.17, 15) is 4.79 Å². The Kier molecular flexibility index (Phi) is 4.72. The fourth-order valence-electron chi connectivity index (χ4n) is 3.91. The van der Waals surface area contributed by atoms with E-state index in [1.807, 2.05) is 13.0 Å². The number of carbonyl (C=O) groups excluding carboxylic acids is 1. The third-order valence-corrected chi connectivity index (χ3v) is 6.27. The fourth-order valence-corrected chi connectivity index (χ4v) is 4.48. The number of amides is 1. The molecule has 0 saturated heterocycles. The minimum atomic E-state index is -0.0463. The second-order valence-electron chi connectivity index (χ2n) is 7.13. The Bertz CT molecular complexity index is 923. The molecule has 0 atom stereocenters. The molecule has 7 heteroatoms. The van der Waals surface area contributed by atoms with Crippen LogP contribution in [-0.2, 0) is 7.05 Å². The van der Waals surface area contributed by atoms with Gasteiger partial charge < -0.3 is 9.88 Å². The van der Waals surface area contributed by atoms with Crippen LogP contribution < -0.4 is 5.32 Å². The van der Waals surface area contributed by atoms with Gasteiger partial charge in [0.2, 0.25) is 0 Å². The Balaban J connectivity index is 1.34. The van der Waals surface area contributed by atoms with Gasteiger partial charge in [-0.05, 0) is 62.2 Å². The molecule has 1 saturated carbocycles. The van der Waals surface area contributed by atoms with Gasteiger partial charge in [-0.25, -0.2) is 4.98 Å². The number of fused-ring (bicyclic) bond motifs is 1. The largest absolute Gasteiger partial charge is 0.351 e. The highest BCUT2D eigenvalue weighted by Gasteiger charge is 2.26. The summed E-state index contributed by atoms with van der Waals surface area (Å²) < 4.78 is 6.07. The van der Waals surface area contributed by atoms with E-state index in [1.165, 1.54) is 11.3 Å². The van der Waals surface area contributed by atoms with Crippen molar-refractivity contribution in [1.82, 2.24) is 24.5 Å². The van der Waals surface area contributed by atoms with Crippen molar-refractivity contribution in [1.29, 1.82) is 0 Å². The van der Waals surface area contributed by atoms with Crippen molar-refractivity contribution in [3.63, 3.8) is 0 Å². The minimum absolute atomic E-state index is 0.0463. The van der Waals surface area contributed by atoms with E-state index in [0.717, 1.165) is 49.3 Å². The van der Waals surface area contributed by atoms with Crippen LogP contribution in [0.15, 0.2) is 24.3 Å². The molecule has 1 aromatic carbocycles. The first-order chi connectivity index (χ1) is 12.6. The summed E-state index contributed by atoms with van der Waals surface area (Å²) in [5.74, 6) is 2.19. The molecule has 1 aliphatic rings. The fraction of sp³-hybridized carbons (Fsp3) is 0.474. The van der Waals surface area contributed by atoms with Crippen molar-refractivity contribution in [2.24, 2.45) is 13.0 Å². The molecule has 1 aliphatic carbocycles. The van der Waals surface area contributed by atoms with Gasteiger partial charge in [0.15, 0.2) is 0 Å². The minimum Gasteiger partial charge on any atom is -0.351 e. The third-order valence-electron chi connectivity index (χ3n) is 5.44. The maximum absolute atomic E-state index is 12.2. The van der Waals surface area contributed by atoms with E-state index in [4.69, 9.17) is 4.98 Å². The molecule has 1 N–H and O–H groups in total. The molecule has 0 bridgehead atoms. The highest BCUT2D eigenvalue weighted by atomic mass is 32.1. The summed E-state index contributed by atoms with van der Waals surface area (Å²) in [7, 11) is 2.11. The number of imidazole rings is 1. The Morgan fingerprint density at radius 1 is 1.27 bits per heavy atom. The number of carbonyl (C=O) groups is 1. The zero-order chi connectivity index (χ0) is 18.1. The van der Waals surface area contributed by atoms with Crippen LogP contribution in [0, 0.1) is 12.8 Å². The van der Waals surface area contributed by atoms with Crippen molar-refractivity contribution in [2.75, 3.05) is 6.54 Å². The normalized spacial score (nSPS) is 20.4. The van der Waals surface area contributed by atoms with Gasteiger partial charge in [0.1, 0.15) is 10.7 Å². The molecule has 0 unspecified atom stereocenters. The summed E-state index contributed by atoms with van der Waals surface area (Å²) in [6.07, 6.45) is 4.49. The molecule has 0 aliphatic heterocycles. The zero-order valence-corrected chi connectivity index (χ0v) is 15.9. The molecule has 1 amide bonds. The molecule has 0 spiro atoms. The molecule has 2 heterocycles. The Labute approximate surface area is 156 Å². The Morgan fingerprint density at radius 2 is 2.04 bits per heavy atom. The molecule has 0 radical (unpaired) electrons. The first-order valence-corrected chi connectivity index (χ1v) is 9.89. The topological polar surface area (TPSA) is 72.7 Å². The molecule has 3 aromatic rings. The molecule has 2 aromatic heterocycles. The van der Waals surface area contributed by atoms with Crippen molar-refractivity contribution >= 4 is 28.5 Å². The first kappa shape index (κ1) is 17.1. The quantitative estimate of drug-likeness (QED) is 0.765. The predicted molar refractivity (Wildman–Crippen MR) is 102 cm³/mol. The lowest BCUT2D eigenvalue weighted by Gasteiger charge is -2.28. The van der Waals surface area contributed by atoms with Crippen LogP contribution in [0.5, 0.6) is 0 Å². The highest BCUT2D eigenvalue weighted by Crippen LogP contribution is 2.36. The Hall–Kier alpha value is -2.28. The van der Waals surface area contributed by atoms with Gasteiger partial charge in [0.05, 0.1) is 16.7 Å². The molecule has 1 fully saturated rings. The number of benzene rings is 1. The standard InChI is InChI=1S/C19H23N5OS/c1-12-17(26-23-22-12)19(25)20-11-13-7-9-14(10-8-13)18-21-15-5-3-4-6-16(15)24(18)2/h3-6,13-14H,7-11H2,1-2H3,(H,20,25). The molecular formula is C19H23N5OS. The van der Waals surface area contributed by atoms with Crippen LogP contribution in [0.4, 0.5) is 0 Å². The summed E-state index contributed by atoms with van der Waals surface area (Å²) in [5.41, 5.74) is 2.98. The number of nitrogens with one attached hydrogen (secondary N) is 1. The van der Waals surface area contributed by atoms with Crippen LogP contribution in [0.2, 0.25) is 0 Å². The molecule has 26 heavy (non-hydrogen) atoms. The van der Waals surface area contributed by atoms with Crippen LogP contribution in [-0.4, -0.2) is 31.6 Å². The smallest absolute Gasteiger partial charge is 0.264 e. The van der Waals surface area contributed by atoms with Crippen LogP contribution in [0.1, 0.15) is 52.8 Å². The van der Waals surface area contributed by atoms with Gasteiger partial charge in [0.25, 0.3) is 5.91 Å². The van der Waals surface area contributed by atoms with Gasteiger partial charge >= 0.3 is 0 Å². The summed E-state index contributed by atoms with van der Waals surface area (Å²) in [5, 5.41) is 6.95. The van der Waals surface area contributed by atoms with E-state index in [0.29, 0.717) is 22.4 Å². The zero-order valence-electron chi connectivity index (χ0n) is 15.1. The second-order valence-corrected chi connectivity index (χ2v) is 7.89. The van der Waals surface area contributed by atoms with E-state index in [2.05, 4.69) is 44.7 Å². The van der Waals surface area contributed by atoms with Gasteiger partial charge in [-0.3, -0.25) is 4.79 Å². The van der Waals surface area contributed by atoms with Crippen LogP contribution in [0.3, 0.4) is 0 Å². The second kappa shape index (κ2) is 7.15. The van der Waals surface area contributed by atoms with E-state index in [1.54, 1.807) is 0 Å². The van der Waals surface area contributed by atoms with E-state index in [-0.39, 0.29) is 5.91 Å². The Morgan fingerprint density at radius 3 is 2.73 bits per heavy atom. The van der Waals surface area contributed by atoms with Crippen LogP contribution >= 0.6 is 11.5 Å². The molecule has 136 valence electrons. The van der Waals surface area contributed by atoms with Gasteiger partial charge in [-0.1, -0.05) is 16.6 Å². The maximum Gasteiger partial charge on any atom is 0.264 e. The number of nitrogens with zero attached hydrogens (tertiary/aromatic N) is 4. The lowest BCUT2D eigenvalue weighted by Crippen LogP contribution is -2.31. The number of rotatable bonds is 4. The number of hydrogen-bond acceptors (Lipinski definition) is 5. The SMILES string of the molecule is Cc1nnsc1C(=O)NCC1CCC(c2nc3ccccc3n2C)CC1. The number of hydrogen-bond donors (Lipinski definition) is 1. The van der Waals surface area contributed by atoms with Crippen molar-refractivity contribution in [2.45, 2.75) is 38.5 Å². The lowest BCUT2D eigenvalue weighted by atomic mass is 9.81. The van der Waals surface area contributed by atoms with Gasteiger partial charge in [0, 0.05) is 19.5 Å². The van der Waals surface area contributed by atoms with Crippen LogP contribution in [0.25, 0.3) is 11.0 Å². The number of aromatic nitrogens is 4. The first-order valence-electron chi connectivity index (χ1n) is 9.12. The maximum atomic E-state index is 12.2. The van der Waals surface area contributed by atoms with Crippen molar-refractivity contribution in [3.8, 4) is 0 Å². The molecule has 4 rings (SSSR count). The molecule has 6 nitrogen and oxygen atoms in total. The average molecular weight is 369 g/mol. The van der Waals surface area contributed by atoms with Gasteiger partial charge in [-0.2, -0.15) is 0 Å². The average Bonchev–Trinajstić information content (AvgIpc) is 3.24. The number of para-hydroxylation sites is 2. The summed E-state index contributed by atoms with van der Waals surface area (Å²) in [6, 6.07) is 8.31. The summed E-state index contributed by atoms with van der Waals surface area (Å²) >= 11 is 1.16. The van der Waals surface area contributed by atoms with Crippen molar-refractivity contribution < 1.29 is 4.79 Å². The van der Waals surface area contributed by atoms with E-state index >= 15 is 0 Å². The monoisotopic (exact) mass is 369 g/mol. The predicted octanol–water partition coefficient (Wildman–Crippen LogP) is 3.44. The van der Waals surface area contributed by atoms with Gasteiger partial charge in [-0.15, -0.1) is 5.10 Å². The van der Waals surface area contributed by atoms with Crippen molar-refractivity contribution in [3.05, 3.63) is 40.7 Å². The van der Waals surface area contributed by atoms with E-state index < -0.39 is 0 Å². The third kappa shape index (κ3) is 3.23.